The van der Waals surface area contributed by atoms with Gasteiger partial charge in [0.25, 0.3) is 0 Å². The number of thiazole rings is 1. The first-order chi connectivity index (χ1) is 7.68. The molecule has 0 aliphatic carbocycles. The minimum absolute atomic E-state index is 0.317. The van der Waals surface area contributed by atoms with Crippen molar-refractivity contribution in [3.8, 4) is 0 Å². The zero-order chi connectivity index (χ0) is 11.5. The zero-order valence-electron chi connectivity index (χ0n) is 8.23. The number of aromatic nitrogens is 1. The lowest BCUT2D eigenvalue weighted by atomic mass is 10.1. The lowest BCUT2D eigenvalue weighted by Crippen LogP contribution is -2.03. The van der Waals surface area contributed by atoms with Gasteiger partial charge in [0.1, 0.15) is 11.9 Å². The summed E-state index contributed by atoms with van der Waals surface area (Å²) in [7, 11) is 0. The molecule has 0 saturated carbocycles. The number of rotatable bonds is 3. The van der Waals surface area contributed by atoms with Gasteiger partial charge in [0, 0.05) is 11.8 Å². The van der Waals surface area contributed by atoms with E-state index in [0.717, 1.165) is 5.56 Å². The molecule has 0 spiro atoms. The average molecular weight is 302 g/mol. The Balaban J connectivity index is 2.18. The molecule has 1 aromatic carbocycles. The van der Waals surface area contributed by atoms with Crippen LogP contribution in [0.2, 0.25) is 0 Å². The molecule has 2 rings (SSSR count). The number of hydrogen-bond acceptors (Lipinski definition) is 3. The second kappa shape index (κ2) is 5.03. The lowest BCUT2D eigenvalue weighted by molar-refractivity contribution is 0.174. The fourth-order valence-electron chi connectivity index (χ4n) is 1.41. The normalized spacial score (nSPS) is 12.7. The van der Waals surface area contributed by atoms with Crippen molar-refractivity contribution in [3.05, 3.63) is 50.6 Å². The SMILES string of the molecule is OC(Cc1cccc(F)c1Br)c1cscn1. The molecule has 0 aliphatic heterocycles. The summed E-state index contributed by atoms with van der Waals surface area (Å²) >= 11 is 4.60. The average Bonchev–Trinajstić information content (AvgIpc) is 2.78. The third-order valence-corrected chi connectivity index (χ3v) is 3.73. The minimum Gasteiger partial charge on any atom is -0.386 e. The van der Waals surface area contributed by atoms with E-state index in [1.807, 2.05) is 0 Å². The highest BCUT2D eigenvalue weighted by Crippen LogP contribution is 2.25. The number of aliphatic hydroxyl groups is 1. The lowest BCUT2D eigenvalue weighted by Gasteiger charge is -2.09. The second-order valence-corrected chi connectivity index (χ2v) is 4.86. The Labute approximate surface area is 105 Å². The molecule has 5 heteroatoms. The molecule has 0 saturated heterocycles. The molecule has 0 bridgehead atoms. The Bertz CT molecular complexity index is 475. The number of benzene rings is 1. The van der Waals surface area contributed by atoms with Gasteiger partial charge < -0.3 is 5.11 Å². The van der Waals surface area contributed by atoms with E-state index in [2.05, 4.69) is 20.9 Å². The predicted molar refractivity (Wildman–Crippen MR) is 64.9 cm³/mol. The molecule has 1 unspecified atom stereocenters. The van der Waals surface area contributed by atoms with Gasteiger partial charge in [-0.1, -0.05) is 12.1 Å². The number of hydrogen-bond donors (Lipinski definition) is 1. The standard InChI is InChI=1S/C11H9BrFNOS/c12-11-7(2-1-3-8(11)13)4-10(15)9-5-16-6-14-9/h1-3,5-6,10,15H,4H2. The van der Waals surface area contributed by atoms with Crippen LogP contribution in [0.1, 0.15) is 17.4 Å². The fraction of sp³-hybridized carbons (Fsp3) is 0.182. The Morgan fingerprint density at radius 2 is 2.31 bits per heavy atom. The number of halogens is 2. The van der Waals surface area contributed by atoms with Crippen molar-refractivity contribution in [1.29, 1.82) is 0 Å². The topological polar surface area (TPSA) is 33.1 Å². The molecule has 2 nitrogen and oxygen atoms in total. The van der Waals surface area contributed by atoms with Crippen molar-refractivity contribution in [2.24, 2.45) is 0 Å². The number of aliphatic hydroxyl groups excluding tert-OH is 1. The van der Waals surface area contributed by atoms with Gasteiger partial charge in [-0.3, -0.25) is 0 Å². The van der Waals surface area contributed by atoms with Crippen molar-refractivity contribution in [1.82, 2.24) is 4.98 Å². The largest absolute Gasteiger partial charge is 0.386 e. The maximum Gasteiger partial charge on any atom is 0.137 e. The van der Waals surface area contributed by atoms with Crippen molar-refractivity contribution < 1.29 is 9.50 Å². The Hall–Kier alpha value is -0.780. The van der Waals surface area contributed by atoms with Gasteiger partial charge in [0.05, 0.1) is 15.7 Å². The van der Waals surface area contributed by atoms with E-state index in [1.165, 1.54) is 17.4 Å². The summed E-state index contributed by atoms with van der Waals surface area (Å²) in [5.41, 5.74) is 3.03. The van der Waals surface area contributed by atoms with Crippen LogP contribution in [0.25, 0.3) is 0 Å². The molecule has 84 valence electrons. The van der Waals surface area contributed by atoms with Crippen LogP contribution < -0.4 is 0 Å². The Morgan fingerprint density at radius 1 is 1.50 bits per heavy atom. The van der Waals surface area contributed by atoms with Crippen LogP contribution in [0.3, 0.4) is 0 Å². The molecule has 0 amide bonds. The van der Waals surface area contributed by atoms with Gasteiger partial charge in [-0.2, -0.15) is 0 Å². The number of nitrogens with zero attached hydrogens (tertiary/aromatic N) is 1. The molecular weight excluding hydrogens is 293 g/mol. The fourth-order valence-corrected chi connectivity index (χ4v) is 2.43. The summed E-state index contributed by atoms with van der Waals surface area (Å²) in [6.07, 6.45) is -0.341. The molecule has 1 atom stereocenters. The quantitative estimate of drug-likeness (QED) is 0.943. The highest BCUT2D eigenvalue weighted by atomic mass is 79.9. The van der Waals surface area contributed by atoms with E-state index in [9.17, 15) is 9.50 Å². The molecule has 0 radical (unpaired) electrons. The molecule has 2 aromatic rings. The molecular formula is C11H9BrFNOS. The van der Waals surface area contributed by atoms with E-state index in [-0.39, 0.29) is 5.82 Å². The summed E-state index contributed by atoms with van der Waals surface area (Å²) in [6.45, 7) is 0. The first-order valence-electron chi connectivity index (χ1n) is 4.67. The van der Waals surface area contributed by atoms with Crippen LogP contribution >= 0.6 is 27.3 Å². The van der Waals surface area contributed by atoms with Crippen LogP contribution in [0, 0.1) is 5.82 Å². The van der Waals surface area contributed by atoms with E-state index in [1.54, 1.807) is 23.0 Å². The van der Waals surface area contributed by atoms with Gasteiger partial charge in [0.2, 0.25) is 0 Å². The smallest absolute Gasteiger partial charge is 0.137 e. The minimum atomic E-state index is -0.690. The summed E-state index contributed by atoms with van der Waals surface area (Å²) in [4.78, 5) is 4.02. The van der Waals surface area contributed by atoms with Gasteiger partial charge in [0.15, 0.2) is 0 Å². The van der Waals surface area contributed by atoms with Crippen LogP contribution in [0.15, 0.2) is 33.6 Å². The van der Waals surface area contributed by atoms with Gasteiger partial charge in [-0.15, -0.1) is 11.3 Å². The molecule has 1 aromatic heterocycles. The van der Waals surface area contributed by atoms with Crippen molar-refractivity contribution in [2.45, 2.75) is 12.5 Å². The highest BCUT2D eigenvalue weighted by molar-refractivity contribution is 9.10. The van der Waals surface area contributed by atoms with Gasteiger partial charge in [-0.25, -0.2) is 9.37 Å². The third-order valence-electron chi connectivity index (χ3n) is 2.24. The molecule has 1 N–H and O–H groups in total. The van der Waals surface area contributed by atoms with Crippen molar-refractivity contribution in [2.75, 3.05) is 0 Å². The van der Waals surface area contributed by atoms with Crippen LogP contribution in [-0.4, -0.2) is 10.1 Å². The summed E-state index contributed by atoms with van der Waals surface area (Å²) in [6, 6.07) is 4.79. The molecule has 16 heavy (non-hydrogen) atoms. The summed E-state index contributed by atoms with van der Waals surface area (Å²) in [5, 5.41) is 11.7. The van der Waals surface area contributed by atoms with Crippen LogP contribution in [0.4, 0.5) is 4.39 Å². The van der Waals surface area contributed by atoms with E-state index < -0.39 is 6.10 Å². The van der Waals surface area contributed by atoms with Gasteiger partial charge >= 0.3 is 0 Å². The van der Waals surface area contributed by atoms with Crippen LogP contribution in [-0.2, 0) is 6.42 Å². The maximum atomic E-state index is 13.2. The first-order valence-corrected chi connectivity index (χ1v) is 6.41. The monoisotopic (exact) mass is 301 g/mol. The predicted octanol–water partition coefficient (Wildman–Crippen LogP) is 3.32. The first kappa shape index (κ1) is 11.7. The summed E-state index contributed by atoms with van der Waals surface area (Å²) in [5.74, 6) is -0.317. The Kier molecular flexibility index (Phi) is 3.68. The van der Waals surface area contributed by atoms with E-state index >= 15 is 0 Å². The summed E-state index contributed by atoms with van der Waals surface area (Å²) < 4.78 is 13.6. The zero-order valence-corrected chi connectivity index (χ0v) is 10.6. The third kappa shape index (κ3) is 2.48. The molecule has 1 heterocycles. The maximum absolute atomic E-state index is 13.2. The van der Waals surface area contributed by atoms with Crippen LogP contribution in [0.5, 0.6) is 0 Å². The highest BCUT2D eigenvalue weighted by Gasteiger charge is 2.13. The molecule has 0 aliphatic rings. The Morgan fingerprint density at radius 3 is 3.00 bits per heavy atom. The molecule has 0 fully saturated rings. The second-order valence-electron chi connectivity index (χ2n) is 3.35. The van der Waals surface area contributed by atoms with E-state index in [0.29, 0.717) is 16.6 Å². The van der Waals surface area contributed by atoms with E-state index in [4.69, 9.17) is 0 Å². The van der Waals surface area contributed by atoms with Crippen molar-refractivity contribution in [3.63, 3.8) is 0 Å². The van der Waals surface area contributed by atoms with Crippen molar-refractivity contribution >= 4 is 27.3 Å². The van der Waals surface area contributed by atoms with Gasteiger partial charge in [-0.05, 0) is 27.6 Å².